The Hall–Kier alpha value is -2.38. The van der Waals surface area contributed by atoms with E-state index in [1.165, 1.54) is 6.33 Å². The highest BCUT2D eigenvalue weighted by Crippen LogP contribution is 2.20. The Morgan fingerprint density at radius 3 is 2.92 bits per heavy atom. The van der Waals surface area contributed by atoms with Gasteiger partial charge in [-0.25, -0.2) is 15.0 Å². The Kier molecular flexibility index (Phi) is 5.12. The molecule has 0 saturated heterocycles. The van der Waals surface area contributed by atoms with E-state index in [-0.39, 0.29) is 5.91 Å². The first-order chi connectivity index (χ1) is 11.6. The number of halogens is 2. The summed E-state index contributed by atoms with van der Waals surface area (Å²) in [7, 11) is 0. The van der Waals surface area contributed by atoms with Gasteiger partial charge in [0.1, 0.15) is 11.8 Å². The van der Waals surface area contributed by atoms with Gasteiger partial charge >= 0.3 is 0 Å². The molecule has 0 spiro atoms. The van der Waals surface area contributed by atoms with Crippen LogP contribution >= 0.6 is 23.2 Å². The number of rotatable bonds is 6. The standard InChI is InChI=1S/C15H14Cl2N6O/c16-10-2-1-9(11(17)5-10)6-19-12(24)3-4-18-14-13-15(21-7-20-13)23-8-22-14/h1-2,5,7-8H,3-4,6H2,(H,19,24)(H2,18,20,21,22,23). The number of carbonyl (C=O) groups excluding carboxylic acids is 1. The van der Waals surface area contributed by atoms with Gasteiger partial charge in [-0.15, -0.1) is 0 Å². The first-order valence-corrected chi connectivity index (χ1v) is 7.97. The molecule has 0 saturated carbocycles. The zero-order chi connectivity index (χ0) is 16.9. The van der Waals surface area contributed by atoms with Gasteiger partial charge in [-0.1, -0.05) is 29.3 Å². The second-order valence-corrected chi connectivity index (χ2v) is 5.86. The van der Waals surface area contributed by atoms with Gasteiger partial charge in [0.15, 0.2) is 11.5 Å². The summed E-state index contributed by atoms with van der Waals surface area (Å²) in [6.07, 6.45) is 3.27. The predicted molar refractivity (Wildman–Crippen MR) is 93.1 cm³/mol. The molecule has 0 fully saturated rings. The molecule has 2 aromatic heterocycles. The molecule has 0 aliphatic rings. The summed E-state index contributed by atoms with van der Waals surface area (Å²) < 4.78 is 0. The van der Waals surface area contributed by atoms with Crippen LogP contribution in [-0.2, 0) is 11.3 Å². The maximum atomic E-state index is 11.9. The SMILES string of the molecule is O=C(CCNc1ncnc2nc[nH]c12)NCc1ccc(Cl)cc1Cl. The van der Waals surface area contributed by atoms with E-state index in [0.717, 1.165) is 5.56 Å². The van der Waals surface area contributed by atoms with Crippen LogP contribution in [0.15, 0.2) is 30.9 Å². The van der Waals surface area contributed by atoms with Crippen molar-refractivity contribution in [3.8, 4) is 0 Å². The lowest BCUT2D eigenvalue weighted by molar-refractivity contribution is -0.121. The molecule has 1 amide bonds. The Bertz CT molecular complexity index is 866. The van der Waals surface area contributed by atoms with E-state index >= 15 is 0 Å². The average Bonchev–Trinajstić information content (AvgIpc) is 3.03. The van der Waals surface area contributed by atoms with Crippen LogP contribution in [0.3, 0.4) is 0 Å². The van der Waals surface area contributed by atoms with Gasteiger partial charge in [0.05, 0.1) is 6.33 Å². The number of anilines is 1. The number of fused-ring (bicyclic) bond motifs is 1. The van der Waals surface area contributed by atoms with E-state index in [0.29, 0.717) is 46.5 Å². The molecule has 3 aromatic rings. The highest BCUT2D eigenvalue weighted by atomic mass is 35.5. The molecule has 1 aromatic carbocycles. The van der Waals surface area contributed by atoms with Crippen molar-refractivity contribution >= 4 is 46.1 Å². The lowest BCUT2D eigenvalue weighted by atomic mass is 10.2. The van der Waals surface area contributed by atoms with Gasteiger partial charge in [-0.2, -0.15) is 0 Å². The summed E-state index contributed by atoms with van der Waals surface area (Å²) >= 11 is 11.9. The van der Waals surface area contributed by atoms with Crippen LogP contribution in [0.5, 0.6) is 0 Å². The molecule has 7 nitrogen and oxygen atoms in total. The zero-order valence-corrected chi connectivity index (χ0v) is 14.0. The average molecular weight is 365 g/mol. The number of nitrogens with zero attached hydrogens (tertiary/aromatic N) is 3. The van der Waals surface area contributed by atoms with E-state index in [1.807, 2.05) is 0 Å². The second kappa shape index (κ2) is 7.46. The molecule has 24 heavy (non-hydrogen) atoms. The van der Waals surface area contributed by atoms with Crippen molar-refractivity contribution in [2.75, 3.05) is 11.9 Å². The minimum Gasteiger partial charge on any atom is -0.368 e. The fourth-order valence-corrected chi connectivity index (χ4v) is 2.62. The Morgan fingerprint density at radius 2 is 2.08 bits per heavy atom. The van der Waals surface area contributed by atoms with E-state index < -0.39 is 0 Å². The summed E-state index contributed by atoms with van der Waals surface area (Å²) in [5.41, 5.74) is 2.11. The van der Waals surface area contributed by atoms with Crippen LogP contribution in [-0.4, -0.2) is 32.4 Å². The monoisotopic (exact) mass is 364 g/mol. The maximum Gasteiger partial charge on any atom is 0.222 e. The number of H-pyrrole nitrogens is 1. The van der Waals surface area contributed by atoms with Gasteiger partial charge in [-0.3, -0.25) is 4.79 Å². The molecule has 0 atom stereocenters. The molecular formula is C15H14Cl2N6O. The third-order valence-corrected chi connectivity index (χ3v) is 3.95. The first kappa shape index (κ1) is 16.5. The van der Waals surface area contributed by atoms with Crippen molar-refractivity contribution in [3.05, 3.63) is 46.5 Å². The molecule has 2 heterocycles. The molecule has 0 bridgehead atoms. The Labute approximate surface area is 147 Å². The van der Waals surface area contributed by atoms with Gasteiger partial charge in [0.25, 0.3) is 0 Å². The molecular weight excluding hydrogens is 351 g/mol. The smallest absolute Gasteiger partial charge is 0.222 e. The first-order valence-electron chi connectivity index (χ1n) is 7.22. The number of imidazole rings is 1. The number of aromatic amines is 1. The molecule has 9 heteroatoms. The minimum absolute atomic E-state index is 0.0940. The summed E-state index contributed by atoms with van der Waals surface area (Å²) in [5, 5.41) is 7.01. The van der Waals surface area contributed by atoms with Gasteiger partial charge in [0, 0.05) is 29.6 Å². The van der Waals surface area contributed by atoms with Crippen molar-refractivity contribution in [1.82, 2.24) is 25.3 Å². The molecule has 0 aliphatic heterocycles. The van der Waals surface area contributed by atoms with Crippen molar-refractivity contribution in [1.29, 1.82) is 0 Å². The van der Waals surface area contributed by atoms with Crippen LogP contribution in [0.2, 0.25) is 10.0 Å². The number of nitrogens with one attached hydrogen (secondary N) is 3. The van der Waals surface area contributed by atoms with E-state index in [1.54, 1.807) is 24.5 Å². The van der Waals surface area contributed by atoms with E-state index in [9.17, 15) is 4.79 Å². The zero-order valence-electron chi connectivity index (χ0n) is 12.5. The van der Waals surface area contributed by atoms with E-state index in [2.05, 4.69) is 30.6 Å². The number of hydrogen-bond acceptors (Lipinski definition) is 5. The number of aromatic nitrogens is 4. The third-order valence-electron chi connectivity index (χ3n) is 3.36. The molecule has 0 aliphatic carbocycles. The third kappa shape index (κ3) is 3.93. The summed E-state index contributed by atoms with van der Waals surface area (Å²) in [4.78, 5) is 27.1. The van der Waals surface area contributed by atoms with E-state index in [4.69, 9.17) is 23.2 Å². The summed E-state index contributed by atoms with van der Waals surface area (Å²) in [6.45, 7) is 0.790. The van der Waals surface area contributed by atoms with Crippen LogP contribution in [0.25, 0.3) is 11.2 Å². The highest BCUT2D eigenvalue weighted by molar-refractivity contribution is 6.35. The Balaban J connectivity index is 1.48. The maximum absolute atomic E-state index is 11.9. The van der Waals surface area contributed by atoms with Gasteiger partial charge < -0.3 is 15.6 Å². The molecule has 3 N–H and O–H groups in total. The van der Waals surface area contributed by atoms with Crippen LogP contribution in [0, 0.1) is 0 Å². The summed E-state index contributed by atoms with van der Waals surface area (Å²) in [5.74, 6) is 0.523. The fraction of sp³-hybridized carbons (Fsp3) is 0.200. The predicted octanol–water partition coefficient (Wildman–Crippen LogP) is 2.78. The van der Waals surface area contributed by atoms with Crippen LogP contribution in [0.1, 0.15) is 12.0 Å². The van der Waals surface area contributed by atoms with Crippen molar-refractivity contribution in [3.63, 3.8) is 0 Å². The molecule has 0 unspecified atom stereocenters. The Morgan fingerprint density at radius 1 is 1.21 bits per heavy atom. The fourth-order valence-electron chi connectivity index (χ4n) is 2.14. The van der Waals surface area contributed by atoms with Crippen molar-refractivity contribution in [2.45, 2.75) is 13.0 Å². The lowest BCUT2D eigenvalue weighted by Crippen LogP contribution is -2.25. The molecule has 3 rings (SSSR count). The topological polar surface area (TPSA) is 95.6 Å². The molecule has 0 radical (unpaired) electrons. The van der Waals surface area contributed by atoms with Crippen LogP contribution < -0.4 is 10.6 Å². The van der Waals surface area contributed by atoms with Gasteiger partial charge in [0.2, 0.25) is 5.91 Å². The summed E-state index contributed by atoms with van der Waals surface area (Å²) in [6, 6.07) is 5.18. The van der Waals surface area contributed by atoms with Gasteiger partial charge in [-0.05, 0) is 17.7 Å². The normalized spacial score (nSPS) is 10.8. The number of hydrogen-bond donors (Lipinski definition) is 3. The minimum atomic E-state index is -0.0940. The quantitative estimate of drug-likeness (QED) is 0.624. The number of benzene rings is 1. The molecule has 124 valence electrons. The van der Waals surface area contributed by atoms with Crippen LogP contribution in [0.4, 0.5) is 5.82 Å². The van der Waals surface area contributed by atoms with Crippen molar-refractivity contribution in [2.24, 2.45) is 0 Å². The van der Waals surface area contributed by atoms with Crippen molar-refractivity contribution < 1.29 is 4.79 Å². The second-order valence-electron chi connectivity index (χ2n) is 5.01. The largest absolute Gasteiger partial charge is 0.368 e. The lowest BCUT2D eigenvalue weighted by Gasteiger charge is -2.08. The number of carbonyl (C=O) groups is 1. The number of amides is 1. The highest BCUT2D eigenvalue weighted by Gasteiger charge is 2.07.